The molecule has 0 atom stereocenters. The van der Waals surface area contributed by atoms with Crippen molar-refractivity contribution < 1.29 is 4.92 Å². The number of fused-ring (bicyclic) bond motifs is 1. The van der Waals surface area contributed by atoms with Crippen molar-refractivity contribution in [2.24, 2.45) is 0 Å². The number of rotatable bonds is 7. The minimum atomic E-state index is -0.430. The van der Waals surface area contributed by atoms with E-state index in [0.29, 0.717) is 5.69 Å². The zero-order valence-corrected chi connectivity index (χ0v) is 17.1. The van der Waals surface area contributed by atoms with E-state index in [1.807, 2.05) is 25.3 Å². The molecule has 0 unspecified atom stereocenters. The molecule has 8 heteroatoms. The molecule has 0 N–H and O–H groups in total. The van der Waals surface area contributed by atoms with E-state index in [2.05, 4.69) is 29.8 Å². The Labute approximate surface area is 164 Å². The summed E-state index contributed by atoms with van der Waals surface area (Å²) in [6.07, 6.45) is 3.38. The Hall–Kier alpha value is -3.03. The SMILES string of the molecule is CCCN(CCC)c1cc(C)nc2c(-c3ncc([N+](=O)[O-])cc3C)c(C)nn12. The molecule has 3 heterocycles. The van der Waals surface area contributed by atoms with Crippen LogP contribution in [0.4, 0.5) is 11.5 Å². The van der Waals surface area contributed by atoms with Gasteiger partial charge in [0.15, 0.2) is 5.65 Å². The fourth-order valence-corrected chi connectivity index (χ4v) is 3.53. The number of nitrogens with zero attached hydrogens (tertiary/aromatic N) is 6. The average molecular weight is 382 g/mol. The van der Waals surface area contributed by atoms with Gasteiger partial charge in [0, 0.05) is 30.9 Å². The molecule has 0 saturated carbocycles. The molecule has 0 radical (unpaired) electrons. The molecule has 0 aliphatic rings. The number of anilines is 1. The maximum atomic E-state index is 11.0. The van der Waals surface area contributed by atoms with Gasteiger partial charge in [0.2, 0.25) is 0 Å². The Bertz CT molecular complexity index is 1020. The predicted molar refractivity (Wildman–Crippen MR) is 110 cm³/mol. The molecule has 0 aliphatic heterocycles. The topological polar surface area (TPSA) is 89.5 Å². The number of nitro groups is 1. The molecule has 0 fully saturated rings. The van der Waals surface area contributed by atoms with Gasteiger partial charge in [-0.25, -0.2) is 9.97 Å². The van der Waals surface area contributed by atoms with Crippen LogP contribution in [0.3, 0.4) is 0 Å². The third-order valence-corrected chi connectivity index (χ3v) is 4.70. The molecule has 148 valence electrons. The maximum absolute atomic E-state index is 11.0. The van der Waals surface area contributed by atoms with E-state index >= 15 is 0 Å². The van der Waals surface area contributed by atoms with Crippen LogP contribution in [0.1, 0.15) is 43.6 Å². The number of hydrogen-bond donors (Lipinski definition) is 0. The third kappa shape index (κ3) is 3.54. The van der Waals surface area contributed by atoms with Gasteiger partial charge in [0.1, 0.15) is 12.0 Å². The van der Waals surface area contributed by atoms with Gasteiger partial charge in [0.05, 0.1) is 21.9 Å². The number of pyridine rings is 1. The summed E-state index contributed by atoms with van der Waals surface area (Å²) in [5.74, 6) is 1.01. The highest BCUT2D eigenvalue weighted by atomic mass is 16.6. The van der Waals surface area contributed by atoms with E-state index in [1.165, 1.54) is 6.20 Å². The van der Waals surface area contributed by atoms with E-state index in [1.54, 1.807) is 6.07 Å². The van der Waals surface area contributed by atoms with Gasteiger partial charge in [-0.05, 0) is 39.2 Å². The summed E-state index contributed by atoms with van der Waals surface area (Å²) in [6.45, 7) is 11.9. The fraction of sp³-hybridized carbons (Fsp3) is 0.450. The predicted octanol–water partition coefficient (Wildman–Crippen LogP) is 4.25. The van der Waals surface area contributed by atoms with Gasteiger partial charge in [-0.15, -0.1) is 0 Å². The minimum absolute atomic E-state index is 0.0164. The molecule has 0 amide bonds. The lowest BCUT2D eigenvalue weighted by Crippen LogP contribution is -2.27. The second-order valence-electron chi connectivity index (χ2n) is 7.05. The quantitative estimate of drug-likeness (QED) is 0.448. The first-order chi connectivity index (χ1) is 13.4. The van der Waals surface area contributed by atoms with E-state index < -0.39 is 4.92 Å². The smallest absolute Gasteiger partial charge is 0.287 e. The first-order valence-corrected chi connectivity index (χ1v) is 9.60. The second-order valence-corrected chi connectivity index (χ2v) is 7.05. The summed E-state index contributed by atoms with van der Waals surface area (Å²) in [5, 5.41) is 15.8. The molecule has 0 aliphatic carbocycles. The number of aromatic nitrogens is 4. The van der Waals surface area contributed by atoms with Gasteiger partial charge >= 0.3 is 0 Å². The summed E-state index contributed by atoms with van der Waals surface area (Å²) in [5.41, 5.74) is 4.66. The Morgan fingerprint density at radius 3 is 2.39 bits per heavy atom. The lowest BCUT2D eigenvalue weighted by Gasteiger charge is -2.24. The second kappa shape index (κ2) is 7.92. The monoisotopic (exact) mass is 382 g/mol. The summed E-state index contributed by atoms with van der Waals surface area (Å²) >= 11 is 0. The molecule has 28 heavy (non-hydrogen) atoms. The number of hydrogen-bond acceptors (Lipinski definition) is 6. The first-order valence-electron chi connectivity index (χ1n) is 9.60. The van der Waals surface area contributed by atoms with Gasteiger partial charge in [-0.2, -0.15) is 9.61 Å². The van der Waals surface area contributed by atoms with Crippen LogP contribution in [0.15, 0.2) is 18.3 Å². The Morgan fingerprint density at radius 2 is 1.82 bits per heavy atom. The highest BCUT2D eigenvalue weighted by Crippen LogP contribution is 2.32. The van der Waals surface area contributed by atoms with Gasteiger partial charge in [-0.1, -0.05) is 13.8 Å². The average Bonchev–Trinajstić information content (AvgIpc) is 2.96. The molecule has 0 saturated heterocycles. The van der Waals surface area contributed by atoms with Crippen molar-refractivity contribution in [3.05, 3.63) is 45.4 Å². The Kier molecular flexibility index (Phi) is 5.58. The molecular formula is C20H26N6O2. The van der Waals surface area contributed by atoms with Crippen molar-refractivity contribution in [1.29, 1.82) is 0 Å². The molecule has 0 spiro atoms. The highest BCUT2D eigenvalue weighted by Gasteiger charge is 2.21. The highest BCUT2D eigenvalue weighted by molar-refractivity contribution is 5.81. The molecule has 0 aromatic carbocycles. The molecule has 0 bridgehead atoms. The van der Waals surface area contributed by atoms with Crippen molar-refractivity contribution in [1.82, 2.24) is 19.6 Å². The number of aryl methyl sites for hydroxylation is 3. The van der Waals surface area contributed by atoms with Gasteiger partial charge < -0.3 is 4.90 Å². The molecule has 8 nitrogen and oxygen atoms in total. The third-order valence-electron chi connectivity index (χ3n) is 4.70. The normalized spacial score (nSPS) is 11.2. The molecule has 3 aromatic rings. The fourth-order valence-electron chi connectivity index (χ4n) is 3.53. The first kappa shape index (κ1) is 19.7. The molecule has 3 aromatic heterocycles. The van der Waals surface area contributed by atoms with Crippen LogP contribution in [0.25, 0.3) is 16.9 Å². The minimum Gasteiger partial charge on any atom is -0.356 e. The van der Waals surface area contributed by atoms with Crippen molar-refractivity contribution >= 4 is 17.2 Å². The van der Waals surface area contributed by atoms with Crippen LogP contribution in [0.5, 0.6) is 0 Å². The Balaban J connectivity index is 2.23. The van der Waals surface area contributed by atoms with E-state index in [0.717, 1.165) is 59.9 Å². The summed E-state index contributed by atoms with van der Waals surface area (Å²) in [7, 11) is 0. The molecular weight excluding hydrogens is 356 g/mol. The van der Waals surface area contributed by atoms with Crippen LogP contribution >= 0.6 is 0 Å². The standard InChI is InChI=1S/C20H26N6O2/c1-6-8-24(9-7-2)17-11-14(4)22-20-18(15(5)23-25(17)20)19-13(3)10-16(12-21-19)26(27)28/h10-12H,6-9H2,1-5H3. The van der Waals surface area contributed by atoms with Crippen LogP contribution in [-0.4, -0.2) is 37.6 Å². The van der Waals surface area contributed by atoms with Crippen molar-refractivity contribution in [3.63, 3.8) is 0 Å². The zero-order valence-electron chi connectivity index (χ0n) is 17.1. The van der Waals surface area contributed by atoms with E-state index in [9.17, 15) is 10.1 Å². The maximum Gasteiger partial charge on any atom is 0.287 e. The van der Waals surface area contributed by atoms with Gasteiger partial charge in [-0.3, -0.25) is 10.1 Å². The Morgan fingerprint density at radius 1 is 1.14 bits per heavy atom. The lowest BCUT2D eigenvalue weighted by atomic mass is 10.1. The van der Waals surface area contributed by atoms with E-state index in [4.69, 9.17) is 10.1 Å². The van der Waals surface area contributed by atoms with Crippen molar-refractivity contribution in [3.8, 4) is 11.3 Å². The zero-order chi connectivity index (χ0) is 20.4. The summed E-state index contributed by atoms with van der Waals surface area (Å²) in [6, 6.07) is 3.60. The van der Waals surface area contributed by atoms with Crippen LogP contribution < -0.4 is 4.90 Å². The van der Waals surface area contributed by atoms with Gasteiger partial charge in [0.25, 0.3) is 5.69 Å². The van der Waals surface area contributed by atoms with Crippen molar-refractivity contribution in [2.45, 2.75) is 47.5 Å². The van der Waals surface area contributed by atoms with Crippen LogP contribution in [0, 0.1) is 30.9 Å². The van der Waals surface area contributed by atoms with Crippen LogP contribution in [-0.2, 0) is 0 Å². The lowest BCUT2D eigenvalue weighted by molar-refractivity contribution is -0.385. The van der Waals surface area contributed by atoms with E-state index in [-0.39, 0.29) is 5.69 Å². The van der Waals surface area contributed by atoms with Crippen molar-refractivity contribution in [2.75, 3.05) is 18.0 Å². The largest absolute Gasteiger partial charge is 0.356 e. The van der Waals surface area contributed by atoms with Crippen LogP contribution in [0.2, 0.25) is 0 Å². The molecule has 3 rings (SSSR count). The summed E-state index contributed by atoms with van der Waals surface area (Å²) in [4.78, 5) is 22.1. The summed E-state index contributed by atoms with van der Waals surface area (Å²) < 4.78 is 1.88.